The maximum atomic E-state index is 8.76. The minimum atomic E-state index is 0.247. The lowest BCUT2D eigenvalue weighted by Crippen LogP contribution is -2.08. The first-order valence-corrected chi connectivity index (χ1v) is 5.29. The zero-order valence-corrected chi connectivity index (χ0v) is 8.55. The molecule has 1 atom stereocenters. The molecule has 1 unspecified atom stereocenters. The average Bonchev–Trinajstić information content (AvgIpc) is 2.06. The Labute approximate surface area is 77.8 Å². The fourth-order valence-corrected chi connectivity index (χ4v) is 1.56. The summed E-state index contributed by atoms with van der Waals surface area (Å²) in [6.07, 6.45) is 7.68. The van der Waals surface area contributed by atoms with Crippen molar-refractivity contribution in [3.8, 4) is 0 Å². The van der Waals surface area contributed by atoms with Gasteiger partial charge < -0.3 is 5.11 Å². The first kappa shape index (κ1) is 12.0. The maximum absolute atomic E-state index is 8.76. The fraction of sp³-hybridized carbons (Fsp3) is 1.00. The highest BCUT2D eigenvalue weighted by molar-refractivity contribution is 6.37. The predicted molar refractivity (Wildman–Crippen MR) is 55.6 cm³/mol. The van der Waals surface area contributed by atoms with Gasteiger partial charge in [0.2, 0.25) is 0 Å². The first-order valence-electron chi connectivity index (χ1n) is 5.29. The van der Waals surface area contributed by atoms with Crippen LogP contribution in [0.1, 0.15) is 52.4 Å². The molecule has 1 nitrogen and oxygen atoms in total. The van der Waals surface area contributed by atoms with E-state index in [4.69, 9.17) is 5.11 Å². The van der Waals surface area contributed by atoms with Crippen LogP contribution in [0.2, 0.25) is 5.82 Å². The monoisotopic (exact) mass is 169 g/mol. The number of aliphatic hydroxyl groups is 1. The Morgan fingerprint density at radius 2 is 1.83 bits per heavy atom. The summed E-state index contributed by atoms with van der Waals surface area (Å²) < 4.78 is 0. The van der Waals surface area contributed by atoms with E-state index in [2.05, 4.69) is 21.1 Å². The summed E-state index contributed by atoms with van der Waals surface area (Å²) >= 11 is 0. The van der Waals surface area contributed by atoms with E-state index in [-0.39, 0.29) is 6.51 Å². The molecule has 0 aliphatic rings. The smallest absolute Gasteiger partial charge is 0.148 e. The van der Waals surface area contributed by atoms with Gasteiger partial charge in [-0.25, -0.2) is 0 Å². The molecule has 1 N–H and O–H groups in total. The van der Waals surface area contributed by atoms with Crippen LogP contribution in [-0.2, 0) is 0 Å². The Balaban J connectivity index is 3.34. The van der Waals surface area contributed by atoms with Crippen LogP contribution in [0.15, 0.2) is 0 Å². The van der Waals surface area contributed by atoms with Gasteiger partial charge in [0.05, 0.1) is 0 Å². The van der Waals surface area contributed by atoms with Gasteiger partial charge in [0.1, 0.15) is 7.28 Å². The van der Waals surface area contributed by atoms with E-state index in [0.717, 1.165) is 0 Å². The van der Waals surface area contributed by atoms with Crippen molar-refractivity contribution in [3.63, 3.8) is 0 Å². The van der Waals surface area contributed by atoms with E-state index in [0.29, 0.717) is 5.82 Å². The summed E-state index contributed by atoms with van der Waals surface area (Å²) in [5.74, 6) is 0.659. The van der Waals surface area contributed by atoms with E-state index in [1.807, 2.05) is 0 Å². The molecule has 0 heterocycles. The van der Waals surface area contributed by atoms with Crippen LogP contribution in [0.4, 0.5) is 0 Å². The highest BCUT2D eigenvalue weighted by Gasteiger charge is 2.07. The van der Waals surface area contributed by atoms with E-state index in [1.165, 1.54) is 38.5 Å². The van der Waals surface area contributed by atoms with Crippen LogP contribution in [-0.4, -0.2) is 18.9 Å². The molecule has 0 bridgehead atoms. The van der Waals surface area contributed by atoms with Crippen molar-refractivity contribution < 1.29 is 5.11 Å². The molecule has 0 rings (SSSR count). The number of rotatable bonds is 8. The molecular weight excluding hydrogens is 147 g/mol. The van der Waals surface area contributed by atoms with Gasteiger partial charge in [-0.2, -0.15) is 0 Å². The number of hydrogen-bond donors (Lipinski definition) is 1. The molecular formula is C10H22BO. The van der Waals surface area contributed by atoms with Crippen molar-refractivity contribution in [1.29, 1.82) is 0 Å². The quantitative estimate of drug-likeness (QED) is 0.437. The van der Waals surface area contributed by atoms with Crippen LogP contribution < -0.4 is 0 Å². The third-order valence-corrected chi connectivity index (χ3v) is 2.28. The van der Waals surface area contributed by atoms with Gasteiger partial charge in [-0.05, 0) is 0 Å². The second kappa shape index (κ2) is 9.12. The van der Waals surface area contributed by atoms with Crippen LogP contribution in [0.5, 0.6) is 0 Å². The molecule has 0 spiro atoms. The summed E-state index contributed by atoms with van der Waals surface area (Å²) in [4.78, 5) is 0. The zero-order chi connectivity index (χ0) is 9.23. The Morgan fingerprint density at radius 3 is 2.33 bits per heavy atom. The van der Waals surface area contributed by atoms with Crippen LogP contribution in [0, 0.1) is 0 Å². The normalized spacial score (nSPS) is 12.9. The standard InChI is InChI=1S/C10H22BO/c1-3-5-6-8-10(7-4-2)11-9-12/h10,12H,3-9H2,1-2H3. The second-order valence-electron chi connectivity index (χ2n) is 3.46. The molecule has 0 aromatic carbocycles. The lowest BCUT2D eigenvalue weighted by Gasteiger charge is -2.12. The number of unbranched alkanes of at least 4 members (excludes halogenated alkanes) is 2. The predicted octanol–water partition coefficient (Wildman–Crippen LogP) is 2.81. The highest BCUT2D eigenvalue weighted by Crippen LogP contribution is 2.19. The lowest BCUT2D eigenvalue weighted by molar-refractivity contribution is 0.362. The molecule has 0 aliphatic heterocycles. The molecule has 0 saturated carbocycles. The van der Waals surface area contributed by atoms with Crippen molar-refractivity contribution in [2.75, 3.05) is 6.51 Å². The van der Waals surface area contributed by atoms with Gasteiger partial charge in [0.25, 0.3) is 0 Å². The van der Waals surface area contributed by atoms with Gasteiger partial charge >= 0.3 is 0 Å². The summed E-state index contributed by atoms with van der Waals surface area (Å²) in [5.41, 5.74) is 0. The molecule has 12 heavy (non-hydrogen) atoms. The zero-order valence-electron chi connectivity index (χ0n) is 8.55. The van der Waals surface area contributed by atoms with Crippen LogP contribution >= 0.6 is 0 Å². The van der Waals surface area contributed by atoms with Crippen molar-refractivity contribution in [2.24, 2.45) is 0 Å². The topological polar surface area (TPSA) is 20.2 Å². The van der Waals surface area contributed by atoms with Gasteiger partial charge in [0, 0.05) is 6.51 Å². The third kappa shape index (κ3) is 6.72. The molecule has 0 aromatic rings. The number of aliphatic hydroxyl groups excluding tert-OH is 1. The van der Waals surface area contributed by atoms with Crippen LogP contribution in [0.3, 0.4) is 0 Å². The van der Waals surface area contributed by atoms with E-state index in [9.17, 15) is 0 Å². The second-order valence-corrected chi connectivity index (χ2v) is 3.46. The molecule has 71 valence electrons. The lowest BCUT2D eigenvalue weighted by atomic mass is 9.62. The van der Waals surface area contributed by atoms with E-state index in [1.54, 1.807) is 0 Å². The van der Waals surface area contributed by atoms with E-state index < -0.39 is 0 Å². The fourth-order valence-electron chi connectivity index (χ4n) is 1.56. The van der Waals surface area contributed by atoms with Crippen molar-refractivity contribution >= 4 is 7.28 Å². The first-order chi connectivity index (χ1) is 5.85. The van der Waals surface area contributed by atoms with Gasteiger partial charge in [-0.3, -0.25) is 0 Å². The van der Waals surface area contributed by atoms with Gasteiger partial charge in [0.15, 0.2) is 0 Å². The number of hydrogen-bond acceptors (Lipinski definition) is 1. The minimum Gasteiger partial charge on any atom is -0.405 e. The summed E-state index contributed by atoms with van der Waals surface area (Å²) in [5, 5.41) is 8.76. The van der Waals surface area contributed by atoms with Gasteiger partial charge in [-0.1, -0.05) is 58.2 Å². The third-order valence-electron chi connectivity index (χ3n) is 2.28. The largest absolute Gasteiger partial charge is 0.405 e. The molecule has 0 saturated heterocycles. The van der Waals surface area contributed by atoms with Crippen molar-refractivity contribution in [2.45, 2.75) is 58.2 Å². The SMILES string of the molecule is CCCCCC([B]CO)CCC. The van der Waals surface area contributed by atoms with E-state index >= 15 is 0 Å². The van der Waals surface area contributed by atoms with Crippen molar-refractivity contribution in [1.82, 2.24) is 0 Å². The van der Waals surface area contributed by atoms with Crippen LogP contribution in [0.25, 0.3) is 0 Å². The summed E-state index contributed by atoms with van der Waals surface area (Å²) in [6, 6.07) is 0. The Kier molecular flexibility index (Phi) is 9.13. The molecule has 1 radical (unpaired) electrons. The Hall–Kier alpha value is 0.0249. The van der Waals surface area contributed by atoms with Crippen molar-refractivity contribution in [3.05, 3.63) is 0 Å². The highest BCUT2D eigenvalue weighted by atomic mass is 16.2. The Bertz CT molecular complexity index is 79.9. The molecule has 0 aromatic heterocycles. The Morgan fingerprint density at radius 1 is 1.08 bits per heavy atom. The minimum absolute atomic E-state index is 0.247. The summed E-state index contributed by atoms with van der Waals surface area (Å²) in [7, 11) is 2.05. The average molecular weight is 169 g/mol. The maximum Gasteiger partial charge on any atom is 0.148 e. The summed E-state index contributed by atoms with van der Waals surface area (Å²) in [6.45, 7) is 4.68. The molecule has 0 fully saturated rings. The molecule has 2 heteroatoms. The molecule has 0 aliphatic carbocycles. The van der Waals surface area contributed by atoms with Gasteiger partial charge in [-0.15, -0.1) is 0 Å². The molecule has 0 amide bonds.